The highest BCUT2D eigenvalue weighted by Gasteiger charge is 2.31. The highest BCUT2D eigenvalue weighted by molar-refractivity contribution is 6.05. The van der Waals surface area contributed by atoms with Gasteiger partial charge in [-0.1, -0.05) is 13.8 Å². The fraction of sp³-hybridized carbons (Fsp3) is 0.444. The number of carbonyl (C=O) groups excluding carboxylic acids is 1. The Kier molecular flexibility index (Phi) is 5.55. The van der Waals surface area contributed by atoms with Gasteiger partial charge in [0.1, 0.15) is 16.9 Å². The van der Waals surface area contributed by atoms with Gasteiger partial charge in [0.15, 0.2) is 0 Å². The minimum atomic E-state index is -0.855. The Hall–Kier alpha value is -2.14. The summed E-state index contributed by atoms with van der Waals surface area (Å²) in [5, 5.41) is 3.80. The van der Waals surface area contributed by atoms with Gasteiger partial charge in [-0.3, -0.25) is 9.78 Å². The lowest BCUT2D eigenvalue weighted by Crippen LogP contribution is -2.41. The zero-order valence-electron chi connectivity index (χ0n) is 14.2. The normalized spacial score (nSPS) is 13.6. The van der Waals surface area contributed by atoms with Crippen LogP contribution in [-0.4, -0.2) is 30.2 Å². The molecule has 5 nitrogen and oxygen atoms in total. The van der Waals surface area contributed by atoms with Crippen molar-refractivity contribution in [2.75, 3.05) is 19.0 Å². The standard InChI is InChI=1S/C18H24N2O3/c1-5-12-23-15-10-9-14(13-8-7-11-19-16(13)15)20-17(21)18(3,6-2)22-4/h7-11H,5-6,12H2,1-4H3,(H,20,21)/t18-/m0/s1. The summed E-state index contributed by atoms with van der Waals surface area (Å²) in [6.07, 6.45) is 3.23. The first-order valence-corrected chi connectivity index (χ1v) is 7.92. The number of nitrogens with zero attached hydrogens (tertiary/aromatic N) is 1. The first kappa shape index (κ1) is 17.2. The molecule has 0 aliphatic heterocycles. The lowest BCUT2D eigenvalue weighted by Gasteiger charge is -2.25. The van der Waals surface area contributed by atoms with Gasteiger partial charge < -0.3 is 14.8 Å². The number of nitrogens with one attached hydrogen (secondary N) is 1. The van der Waals surface area contributed by atoms with Crippen molar-refractivity contribution < 1.29 is 14.3 Å². The highest BCUT2D eigenvalue weighted by atomic mass is 16.5. The largest absolute Gasteiger partial charge is 0.491 e. The van der Waals surface area contributed by atoms with Gasteiger partial charge >= 0.3 is 0 Å². The number of fused-ring (bicyclic) bond motifs is 1. The minimum absolute atomic E-state index is 0.171. The molecule has 0 unspecified atom stereocenters. The molecular formula is C18H24N2O3. The predicted octanol–water partition coefficient (Wildman–Crippen LogP) is 3.78. The first-order valence-electron chi connectivity index (χ1n) is 7.92. The maximum Gasteiger partial charge on any atom is 0.256 e. The predicted molar refractivity (Wildman–Crippen MR) is 91.9 cm³/mol. The van der Waals surface area contributed by atoms with Crippen molar-refractivity contribution in [2.24, 2.45) is 0 Å². The summed E-state index contributed by atoms with van der Waals surface area (Å²) in [5.41, 5.74) is 0.597. The molecule has 1 amide bonds. The van der Waals surface area contributed by atoms with Crippen LogP contribution in [0.4, 0.5) is 5.69 Å². The molecule has 0 radical (unpaired) electrons. The zero-order chi connectivity index (χ0) is 16.9. The molecule has 0 aliphatic carbocycles. The zero-order valence-corrected chi connectivity index (χ0v) is 14.2. The fourth-order valence-electron chi connectivity index (χ4n) is 2.24. The first-order chi connectivity index (χ1) is 11.1. The van der Waals surface area contributed by atoms with E-state index in [0.717, 1.165) is 23.1 Å². The molecule has 0 saturated carbocycles. The molecule has 1 aromatic carbocycles. The van der Waals surface area contributed by atoms with Crippen LogP contribution in [0, 0.1) is 0 Å². The van der Waals surface area contributed by atoms with E-state index in [1.807, 2.05) is 31.2 Å². The molecule has 5 heteroatoms. The van der Waals surface area contributed by atoms with E-state index in [4.69, 9.17) is 9.47 Å². The lowest BCUT2D eigenvalue weighted by atomic mass is 10.0. The van der Waals surface area contributed by atoms with Gasteiger partial charge in [-0.05, 0) is 44.0 Å². The number of rotatable bonds is 7. The third-order valence-corrected chi connectivity index (χ3v) is 4.05. The number of hydrogen-bond donors (Lipinski definition) is 1. The van der Waals surface area contributed by atoms with Crippen LogP contribution in [0.25, 0.3) is 10.9 Å². The Labute approximate surface area is 137 Å². The molecular weight excluding hydrogens is 292 g/mol. The van der Waals surface area contributed by atoms with Crippen molar-refractivity contribution in [3.8, 4) is 5.75 Å². The van der Waals surface area contributed by atoms with Gasteiger partial charge in [0.2, 0.25) is 0 Å². The van der Waals surface area contributed by atoms with Crippen LogP contribution >= 0.6 is 0 Å². The summed E-state index contributed by atoms with van der Waals surface area (Å²) in [5.74, 6) is 0.556. The quantitative estimate of drug-likeness (QED) is 0.844. The second-order valence-corrected chi connectivity index (χ2v) is 5.60. The molecule has 1 N–H and O–H groups in total. The Morgan fingerprint density at radius 3 is 2.74 bits per heavy atom. The molecule has 0 fully saturated rings. The summed E-state index contributed by atoms with van der Waals surface area (Å²) in [4.78, 5) is 16.9. The molecule has 0 bridgehead atoms. The van der Waals surface area contributed by atoms with Gasteiger partial charge in [-0.25, -0.2) is 0 Å². The van der Waals surface area contributed by atoms with E-state index in [1.165, 1.54) is 0 Å². The maximum absolute atomic E-state index is 12.5. The topological polar surface area (TPSA) is 60.5 Å². The molecule has 1 aromatic heterocycles. The number of carbonyl (C=O) groups is 1. The Morgan fingerprint density at radius 1 is 1.30 bits per heavy atom. The summed E-state index contributed by atoms with van der Waals surface area (Å²) >= 11 is 0. The number of ether oxygens (including phenoxy) is 2. The van der Waals surface area contributed by atoms with Gasteiger partial charge in [0, 0.05) is 18.7 Å². The van der Waals surface area contributed by atoms with Crippen LogP contribution in [0.3, 0.4) is 0 Å². The number of aromatic nitrogens is 1. The van der Waals surface area contributed by atoms with Gasteiger partial charge in [0.25, 0.3) is 5.91 Å². The summed E-state index contributed by atoms with van der Waals surface area (Å²) in [6, 6.07) is 7.46. The van der Waals surface area contributed by atoms with E-state index in [1.54, 1.807) is 20.2 Å². The molecule has 2 aromatic rings. The second-order valence-electron chi connectivity index (χ2n) is 5.60. The average molecular weight is 316 g/mol. The van der Waals surface area contributed by atoms with E-state index in [0.29, 0.717) is 18.7 Å². The fourth-order valence-corrected chi connectivity index (χ4v) is 2.24. The molecule has 0 aliphatic rings. The third-order valence-electron chi connectivity index (χ3n) is 4.05. The summed E-state index contributed by atoms with van der Waals surface area (Å²) < 4.78 is 11.1. The van der Waals surface area contributed by atoms with Crippen LogP contribution in [-0.2, 0) is 9.53 Å². The van der Waals surface area contributed by atoms with E-state index < -0.39 is 5.60 Å². The van der Waals surface area contributed by atoms with E-state index in [2.05, 4.69) is 17.2 Å². The van der Waals surface area contributed by atoms with Crippen LogP contribution in [0.2, 0.25) is 0 Å². The number of amides is 1. The van der Waals surface area contributed by atoms with E-state index in [9.17, 15) is 4.79 Å². The van der Waals surface area contributed by atoms with Crippen molar-refractivity contribution in [3.63, 3.8) is 0 Å². The Bertz CT molecular complexity index is 681. The van der Waals surface area contributed by atoms with Crippen LogP contribution < -0.4 is 10.1 Å². The van der Waals surface area contributed by atoms with Gasteiger partial charge in [0.05, 0.1) is 12.3 Å². The number of anilines is 1. The number of benzene rings is 1. The van der Waals surface area contributed by atoms with Gasteiger partial charge in [-0.2, -0.15) is 0 Å². The van der Waals surface area contributed by atoms with Crippen molar-refractivity contribution in [1.29, 1.82) is 0 Å². The third kappa shape index (κ3) is 3.62. The number of methoxy groups -OCH3 is 1. The van der Waals surface area contributed by atoms with Crippen LogP contribution in [0.15, 0.2) is 30.5 Å². The molecule has 1 atom stereocenters. The summed E-state index contributed by atoms with van der Waals surface area (Å²) in [6.45, 7) is 6.39. The molecule has 0 spiro atoms. The van der Waals surface area contributed by atoms with Crippen molar-refractivity contribution in [3.05, 3.63) is 30.5 Å². The Balaban J connectivity index is 2.37. The highest BCUT2D eigenvalue weighted by Crippen LogP contribution is 2.31. The second kappa shape index (κ2) is 7.42. The van der Waals surface area contributed by atoms with Crippen molar-refractivity contribution in [1.82, 2.24) is 4.98 Å². The minimum Gasteiger partial charge on any atom is -0.491 e. The van der Waals surface area contributed by atoms with E-state index in [-0.39, 0.29) is 5.91 Å². The maximum atomic E-state index is 12.5. The summed E-state index contributed by atoms with van der Waals surface area (Å²) in [7, 11) is 1.55. The average Bonchev–Trinajstić information content (AvgIpc) is 2.60. The number of hydrogen-bond acceptors (Lipinski definition) is 4. The Morgan fingerprint density at radius 2 is 2.09 bits per heavy atom. The molecule has 0 saturated heterocycles. The smallest absolute Gasteiger partial charge is 0.256 e. The van der Waals surface area contributed by atoms with Crippen LogP contribution in [0.5, 0.6) is 5.75 Å². The molecule has 124 valence electrons. The molecule has 1 heterocycles. The van der Waals surface area contributed by atoms with E-state index >= 15 is 0 Å². The van der Waals surface area contributed by atoms with Crippen molar-refractivity contribution in [2.45, 2.75) is 39.2 Å². The van der Waals surface area contributed by atoms with Crippen LogP contribution in [0.1, 0.15) is 33.6 Å². The number of pyridine rings is 1. The monoisotopic (exact) mass is 316 g/mol. The molecule has 23 heavy (non-hydrogen) atoms. The van der Waals surface area contributed by atoms with Gasteiger partial charge in [-0.15, -0.1) is 0 Å². The molecule has 2 rings (SSSR count). The van der Waals surface area contributed by atoms with Crippen molar-refractivity contribution >= 4 is 22.5 Å². The lowest BCUT2D eigenvalue weighted by molar-refractivity contribution is -0.136. The SMILES string of the molecule is CCCOc1ccc(NC(=O)[C@](C)(CC)OC)c2cccnc12.